The zero-order valence-electron chi connectivity index (χ0n) is 29.4. The summed E-state index contributed by atoms with van der Waals surface area (Å²) in [6.07, 6.45) is -0.203. The molecule has 1 aromatic rings. The highest BCUT2D eigenvalue weighted by atomic mass is 16.7. The summed E-state index contributed by atoms with van der Waals surface area (Å²) in [5, 5.41) is 26.9. The number of amides is 2. The second-order valence-electron chi connectivity index (χ2n) is 14.0. The number of likely N-dealkylation sites (N-methyl/N-ethyl adjacent to an activating group) is 1. The van der Waals surface area contributed by atoms with E-state index in [1.807, 2.05) is 24.9 Å². The van der Waals surface area contributed by atoms with Crippen LogP contribution in [-0.4, -0.2) is 109 Å². The first-order valence-electron chi connectivity index (χ1n) is 16.3. The van der Waals surface area contributed by atoms with Gasteiger partial charge in [0.15, 0.2) is 29.8 Å². The Balaban J connectivity index is 1.60. The van der Waals surface area contributed by atoms with E-state index in [0.717, 1.165) is 16.7 Å². The Labute approximate surface area is 286 Å². The number of nitrogens with zero attached hydrogens (tertiary/aromatic N) is 3. The van der Waals surface area contributed by atoms with Gasteiger partial charge >= 0.3 is 6.09 Å². The number of carbonyl (C=O) groups is 4. The summed E-state index contributed by atoms with van der Waals surface area (Å²) in [4.78, 5) is 57.3. The summed E-state index contributed by atoms with van der Waals surface area (Å²) in [5.74, 6) is -1.36. The Hall–Kier alpha value is -4.45. The van der Waals surface area contributed by atoms with Gasteiger partial charge < -0.3 is 34.7 Å². The number of allylic oxidation sites excluding steroid dienone is 2. The van der Waals surface area contributed by atoms with Gasteiger partial charge in [-0.15, -0.1) is 0 Å². The van der Waals surface area contributed by atoms with Gasteiger partial charge in [-0.2, -0.15) is 5.26 Å². The fourth-order valence-corrected chi connectivity index (χ4v) is 7.71. The standard InChI is InChI=1S/C35H45N5O9/c1-16-10-19-11-21-23(13-36)40-22(27(39(21)7)25(19)32(31(16)47-9)48-15-46-8)12-20-26(30(43)29(42)17(2)28(20)41)24(40)14-37-33(44)18(3)38-34(45)49-35(4,5)6/h10,18,21-24,27,42H,11-12,14-15H2,1-9H3,(H,37,44)(H,38,45)/t18-,21+,22?,23?,24-,27+/m0/s1. The molecule has 3 heterocycles. The first-order valence-corrected chi connectivity index (χ1v) is 16.3. The molecule has 2 bridgehead atoms. The Morgan fingerprint density at radius 2 is 1.82 bits per heavy atom. The van der Waals surface area contributed by atoms with Crippen LogP contribution in [0.2, 0.25) is 0 Å². The smallest absolute Gasteiger partial charge is 0.408 e. The first kappa shape index (κ1) is 35.8. The van der Waals surface area contributed by atoms with Crippen molar-refractivity contribution in [2.24, 2.45) is 0 Å². The summed E-state index contributed by atoms with van der Waals surface area (Å²) < 4.78 is 22.5. The van der Waals surface area contributed by atoms with Crippen molar-refractivity contribution in [3.63, 3.8) is 0 Å². The van der Waals surface area contributed by atoms with Gasteiger partial charge in [0.05, 0.1) is 25.3 Å². The largest absolute Gasteiger partial charge is 0.504 e. The van der Waals surface area contributed by atoms with Crippen LogP contribution in [0.5, 0.6) is 11.5 Å². The Kier molecular flexibility index (Phi) is 9.84. The van der Waals surface area contributed by atoms with E-state index in [1.165, 1.54) is 21.0 Å². The molecule has 14 nitrogen and oxygen atoms in total. The number of benzene rings is 1. The topological polar surface area (TPSA) is 180 Å². The molecule has 1 aromatic carbocycles. The molecule has 49 heavy (non-hydrogen) atoms. The van der Waals surface area contributed by atoms with Crippen molar-refractivity contribution in [1.29, 1.82) is 5.26 Å². The molecule has 3 N–H and O–H groups in total. The Bertz CT molecular complexity index is 1690. The van der Waals surface area contributed by atoms with Crippen LogP contribution in [0.1, 0.15) is 63.8 Å². The normalized spacial score (nSPS) is 25.8. The number of hydrogen-bond acceptors (Lipinski definition) is 12. The monoisotopic (exact) mass is 679 g/mol. The van der Waals surface area contributed by atoms with E-state index in [9.17, 15) is 29.5 Å². The summed E-state index contributed by atoms with van der Waals surface area (Å²) in [5.41, 5.74) is 2.11. The van der Waals surface area contributed by atoms with Crippen molar-refractivity contribution in [2.45, 2.75) is 96.2 Å². The molecular weight excluding hydrogens is 634 g/mol. The number of fused-ring (bicyclic) bond motifs is 6. The molecule has 1 fully saturated rings. The van der Waals surface area contributed by atoms with E-state index in [1.54, 1.807) is 27.9 Å². The van der Waals surface area contributed by atoms with E-state index in [-0.39, 0.29) is 42.5 Å². The molecule has 0 saturated carbocycles. The van der Waals surface area contributed by atoms with Gasteiger partial charge in [0, 0.05) is 48.0 Å². The van der Waals surface area contributed by atoms with Gasteiger partial charge in [-0.3, -0.25) is 24.2 Å². The van der Waals surface area contributed by atoms with Gasteiger partial charge in [-0.25, -0.2) is 4.79 Å². The minimum atomic E-state index is -1.01. The number of ketones is 2. The van der Waals surface area contributed by atoms with Gasteiger partial charge in [0.25, 0.3) is 0 Å². The molecule has 0 aromatic heterocycles. The van der Waals surface area contributed by atoms with Crippen molar-refractivity contribution in [1.82, 2.24) is 20.4 Å². The zero-order valence-corrected chi connectivity index (χ0v) is 29.4. The van der Waals surface area contributed by atoms with Gasteiger partial charge in [-0.1, -0.05) is 6.07 Å². The molecule has 6 atom stereocenters. The molecule has 264 valence electrons. The number of aliphatic hydroxyl groups excluding tert-OH is 1. The average molecular weight is 680 g/mol. The van der Waals surface area contributed by atoms with Crippen LogP contribution >= 0.6 is 0 Å². The van der Waals surface area contributed by atoms with Crippen LogP contribution in [-0.2, 0) is 30.3 Å². The SMILES string of the molecule is COCOc1c(OC)c(C)cc2c1[C@H]1C3CC4=C(C(=O)C(O)=C(C)C4=O)[C@H](CNC(=O)[C@H](C)NC(=O)OC(C)(C)C)N3C(C#N)[C@@H](C2)N1C. The molecular formula is C35H45N5O9. The highest BCUT2D eigenvalue weighted by molar-refractivity contribution is 6.24. The van der Waals surface area contributed by atoms with Crippen LogP contribution in [0.4, 0.5) is 4.79 Å². The molecule has 4 aliphatic rings. The predicted octanol–water partition coefficient (Wildman–Crippen LogP) is 2.54. The maximum Gasteiger partial charge on any atom is 0.408 e. The molecule has 3 aliphatic heterocycles. The molecule has 2 unspecified atom stereocenters. The third-order valence-corrected chi connectivity index (χ3v) is 9.78. The predicted molar refractivity (Wildman–Crippen MR) is 176 cm³/mol. The number of rotatable bonds is 8. The molecule has 0 spiro atoms. The fraction of sp³-hybridized carbons (Fsp3) is 0.571. The third kappa shape index (κ3) is 6.26. The molecule has 1 saturated heterocycles. The molecule has 1 aliphatic carbocycles. The maximum atomic E-state index is 13.8. The number of nitrogens with one attached hydrogen (secondary N) is 2. The molecule has 14 heteroatoms. The number of Topliss-reactive ketones (excluding diaryl/α,β-unsaturated/α-hetero) is 2. The van der Waals surface area contributed by atoms with Crippen LogP contribution in [0.25, 0.3) is 0 Å². The highest BCUT2D eigenvalue weighted by Gasteiger charge is 2.58. The number of piperazine rings is 1. The lowest BCUT2D eigenvalue weighted by atomic mass is 9.69. The average Bonchev–Trinajstić information content (AvgIpc) is 3.03. The third-order valence-electron chi connectivity index (χ3n) is 9.78. The van der Waals surface area contributed by atoms with Gasteiger partial charge in [0.1, 0.15) is 17.7 Å². The molecule has 2 amide bonds. The van der Waals surface area contributed by atoms with E-state index in [4.69, 9.17) is 18.9 Å². The Morgan fingerprint density at radius 1 is 1.12 bits per heavy atom. The summed E-state index contributed by atoms with van der Waals surface area (Å²) >= 11 is 0. The zero-order chi connectivity index (χ0) is 36.1. The highest BCUT2D eigenvalue weighted by Crippen LogP contribution is 2.54. The lowest BCUT2D eigenvalue weighted by molar-refractivity contribution is -0.125. The number of nitriles is 1. The summed E-state index contributed by atoms with van der Waals surface area (Å²) in [7, 11) is 5.01. The van der Waals surface area contributed by atoms with Gasteiger partial charge in [0.2, 0.25) is 11.7 Å². The van der Waals surface area contributed by atoms with Crippen LogP contribution < -0.4 is 20.1 Å². The van der Waals surface area contributed by atoms with Crippen molar-refractivity contribution in [2.75, 3.05) is 34.6 Å². The lowest BCUT2D eigenvalue weighted by Gasteiger charge is -2.60. The van der Waals surface area contributed by atoms with E-state index in [0.29, 0.717) is 17.9 Å². The van der Waals surface area contributed by atoms with Crippen LogP contribution in [0.3, 0.4) is 0 Å². The second-order valence-corrected chi connectivity index (χ2v) is 14.0. The van der Waals surface area contributed by atoms with Crippen LogP contribution in [0.15, 0.2) is 28.5 Å². The number of aryl methyl sites for hydroxylation is 1. The molecule has 5 rings (SSSR count). The minimum absolute atomic E-state index is 0.0446. The number of hydrogen-bond donors (Lipinski definition) is 3. The Morgan fingerprint density at radius 3 is 2.43 bits per heavy atom. The number of carbonyl (C=O) groups excluding carboxylic acids is 4. The van der Waals surface area contributed by atoms with Crippen molar-refractivity contribution in [3.8, 4) is 17.6 Å². The van der Waals surface area contributed by atoms with E-state index >= 15 is 0 Å². The number of aliphatic hydroxyl groups is 1. The minimum Gasteiger partial charge on any atom is -0.504 e. The quantitative estimate of drug-likeness (QED) is 0.271. The summed E-state index contributed by atoms with van der Waals surface area (Å²) in [6, 6.07) is 0.460. The van der Waals surface area contributed by atoms with E-state index < -0.39 is 65.1 Å². The number of alkyl carbamates (subject to hydrolysis) is 1. The number of methoxy groups -OCH3 is 2. The second kappa shape index (κ2) is 13.5. The lowest BCUT2D eigenvalue weighted by Crippen LogP contribution is -2.71. The maximum absolute atomic E-state index is 13.8. The molecule has 0 radical (unpaired) electrons. The van der Waals surface area contributed by atoms with Crippen LogP contribution in [0, 0.1) is 18.3 Å². The first-order chi connectivity index (χ1) is 23.1. The fourth-order valence-electron chi connectivity index (χ4n) is 7.71. The summed E-state index contributed by atoms with van der Waals surface area (Å²) in [6.45, 7) is 9.71. The van der Waals surface area contributed by atoms with E-state index in [2.05, 4.69) is 21.6 Å². The van der Waals surface area contributed by atoms with Crippen molar-refractivity contribution in [3.05, 3.63) is 45.2 Å². The number of ether oxygens (including phenoxy) is 4. The van der Waals surface area contributed by atoms with Crippen molar-refractivity contribution < 1.29 is 43.2 Å². The van der Waals surface area contributed by atoms with Crippen molar-refractivity contribution >= 4 is 23.6 Å². The van der Waals surface area contributed by atoms with Gasteiger partial charge in [-0.05, 0) is 72.6 Å².